The monoisotopic (exact) mass is 286 g/mol. The Hall–Kier alpha value is 0.460. The van der Waals surface area contributed by atoms with Gasteiger partial charge in [-0.05, 0) is 0 Å². The summed E-state index contributed by atoms with van der Waals surface area (Å²) in [6, 6.07) is 0. The molecule has 12 heavy (non-hydrogen) atoms. The number of hydrogen-bond donors (Lipinski definition) is 0. The molecule has 0 unspecified atom stereocenters. The van der Waals surface area contributed by atoms with E-state index in [1.54, 1.807) is 0 Å². The van der Waals surface area contributed by atoms with E-state index in [9.17, 15) is 0 Å². The Morgan fingerprint density at radius 2 is 1.92 bits per heavy atom. The van der Waals surface area contributed by atoms with Gasteiger partial charge in [-0.15, -0.1) is 0 Å². The van der Waals surface area contributed by atoms with Gasteiger partial charge in [-0.25, -0.2) is 0 Å². The van der Waals surface area contributed by atoms with Crippen LogP contribution in [0.1, 0.15) is 47.0 Å². The Morgan fingerprint density at radius 1 is 1.33 bits per heavy atom. The molecule has 0 saturated carbocycles. The zero-order valence-corrected chi connectivity index (χ0v) is 11.0. The molecule has 0 aliphatic rings. The normalized spacial score (nSPS) is 11.3. The maximum absolute atomic E-state index is 5.52. The van der Waals surface area contributed by atoms with Crippen molar-refractivity contribution < 1.29 is 4.74 Å². The summed E-state index contributed by atoms with van der Waals surface area (Å²) in [6.45, 7) is 9.59. The van der Waals surface area contributed by atoms with Crippen molar-refractivity contribution in [3.63, 3.8) is 0 Å². The van der Waals surface area contributed by atoms with Crippen molar-refractivity contribution in [1.82, 2.24) is 0 Å². The molecule has 0 rings (SSSR count). The van der Waals surface area contributed by atoms with E-state index in [0.29, 0.717) is 0 Å². The van der Waals surface area contributed by atoms with Gasteiger partial charge < -0.3 is 0 Å². The zero-order chi connectivity index (χ0) is 9.61. The van der Waals surface area contributed by atoms with Crippen LogP contribution < -0.4 is 0 Å². The third-order valence-electron chi connectivity index (χ3n) is 1.98. The summed E-state index contributed by atoms with van der Waals surface area (Å²) in [6.07, 6.45) is 3.79. The summed E-state index contributed by atoms with van der Waals surface area (Å²) in [5.41, 5.74) is 0.260. The predicted molar refractivity (Wildman–Crippen MR) is 55.7 cm³/mol. The van der Waals surface area contributed by atoms with E-state index in [4.69, 9.17) is 4.74 Å². The molecule has 0 fully saturated rings. The van der Waals surface area contributed by atoms with E-state index in [-0.39, 0.29) is 5.41 Å². The second-order valence-corrected chi connectivity index (χ2v) is 4.77. The van der Waals surface area contributed by atoms with Crippen LogP contribution in [0.3, 0.4) is 0 Å². The van der Waals surface area contributed by atoms with Crippen LogP contribution in [0.4, 0.5) is 0 Å². The molecule has 0 aliphatic heterocycles. The van der Waals surface area contributed by atoms with E-state index in [1.807, 2.05) is 28.7 Å². The molecule has 0 N–H and O–H groups in total. The van der Waals surface area contributed by atoms with Crippen molar-refractivity contribution in [2.45, 2.75) is 47.0 Å². The van der Waals surface area contributed by atoms with Crippen LogP contribution in [0.5, 0.6) is 0 Å². The molecular weight excluding hydrogens is 264 g/mol. The molecule has 2 heteroatoms. The summed E-state index contributed by atoms with van der Waals surface area (Å²) < 4.78 is 6.71. The quantitative estimate of drug-likeness (QED) is 0.681. The van der Waals surface area contributed by atoms with Gasteiger partial charge in [0, 0.05) is 0 Å². The molecule has 0 saturated heterocycles. The molecule has 0 radical (unpaired) electrons. The Labute approximate surface area is 89.3 Å². The van der Waals surface area contributed by atoms with E-state index in [1.165, 1.54) is 23.0 Å². The van der Waals surface area contributed by atoms with Gasteiger partial charge in [-0.3, -0.25) is 0 Å². The van der Waals surface area contributed by atoms with Gasteiger partial charge in [0.05, 0.1) is 0 Å². The zero-order valence-electron chi connectivity index (χ0n) is 8.64. The Bertz CT molecular complexity index is 141. The molecule has 0 aromatic rings. The molecule has 0 bridgehead atoms. The Balaban J connectivity index is 3.90. The second-order valence-electron chi connectivity index (χ2n) is 3.71. The van der Waals surface area contributed by atoms with Gasteiger partial charge >= 0.3 is 89.3 Å². The molecule has 1 nitrogen and oxygen atoms in total. The standard InChI is InChI=1S/C10H20OTe/c1-5-7-8-10(3,4)9(12)11-6-2/h5-8H2,1-4H3. The first-order valence-corrected chi connectivity index (χ1v) is 5.88. The number of hydrogen-bond acceptors (Lipinski definition) is 1. The average molecular weight is 284 g/mol. The van der Waals surface area contributed by atoms with E-state index in [0.717, 1.165) is 6.61 Å². The minimum absolute atomic E-state index is 0.260. The van der Waals surface area contributed by atoms with Gasteiger partial charge in [0.1, 0.15) is 0 Å². The van der Waals surface area contributed by atoms with Crippen LogP contribution in [-0.4, -0.2) is 32.2 Å². The minimum atomic E-state index is 0.260. The molecule has 0 heterocycles. The number of ether oxygens (including phenoxy) is 1. The maximum atomic E-state index is 5.52. The summed E-state index contributed by atoms with van der Waals surface area (Å²) >= 11 is 2.02. The molecular formula is C10H20OTe. The third kappa shape index (κ3) is 4.48. The molecule has 0 atom stereocenters. The van der Waals surface area contributed by atoms with Crippen LogP contribution in [0, 0.1) is 5.41 Å². The fraction of sp³-hybridized carbons (Fsp3) is 0.900. The van der Waals surface area contributed by atoms with Crippen LogP contribution in [0.2, 0.25) is 0 Å². The topological polar surface area (TPSA) is 9.23 Å². The third-order valence-corrected chi connectivity index (χ3v) is 3.90. The van der Waals surface area contributed by atoms with Crippen molar-refractivity contribution >= 4 is 25.6 Å². The van der Waals surface area contributed by atoms with Crippen molar-refractivity contribution in [1.29, 1.82) is 0 Å². The van der Waals surface area contributed by atoms with Crippen molar-refractivity contribution in [2.24, 2.45) is 5.41 Å². The molecule has 0 aromatic heterocycles. The SMILES string of the molecule is CCCCC(C)(C)C(=[Te])OCC. The summed E-state index contributed by atoms with van der Waals surface area (Å²) in [4.78, 5) is 0. The van der Waals surface area contributed by atoms with Crippen molar-refractivity contribution in [2.75, 3.05) is 6.61 Å². The first kappa shape index (κ1) is 12.5. The molecule has 0 aromatic carbocycles. The molecule has 72 valence electrons. The average Bonchev–Trinajstić information content (AvgIpc) is 2.01. The molecule has 0 spiro atoms. The van der Waals surface area contributed by atoms with Gasteiger partial charge in [0.2, 0.25) is 0 Å². The van der Waals surface area contributed by atoms with Crippen LogP contribution in [0.25, 0.3) is 0 Å². The van der Waals surface area contributed by atoms with Gasteiger partial charge in [0.15, 0.2) is 0 Å². The first-order valence-electron chi connectivity index (χ1n) is 4.71. The van der Waals surface area contributed by atoms with Crippen LogP contribution >= 0.6 is 0 Å². The van der Waals surface area contributed by atoms with E-state index in [2.05, 4.69) is 20.8 Å². The van der Waals surface area contributed by atoms with Gasteiger partial charge in [-0.1, -0.05) is 0 Å². The van der Waals surface area contributed by atoms with Crippen LogP contribution in [0.15, 0.2) is 0 Å². The van der Waals surface area contributed by atoms with Gasteiger partial charge in [-0.2, -0.15) is 0 Å². The van der Waals surface area contributed by atoms with Crippen molar-refractivity contribution in [3.05, 3.63) is 0 Å². The number of unbranched alkanes of at least 4 members (excludes halogenated alkanes) is 1. The predicted octanol–water partition coefficient (Wildman–Crippen LogP) is 2.54. The second kappa shape index (κ2) is 6.00. The number of rotatable bonds is 6. The fourth-order valence-corrected chi connectivity index (χ4v) is 1.67. The fourth-order valence-electron chi connectivity index (χ4n) is 1.05. The summed E-state index contributed by atoms with van der Waals surface area (Å²) in [5.74, 6) is 0. The summed E-state index contributed by atoms with van der Waals surface area (Å²) in [5, 5.41) is 0. The van der Waals surface area contributed by atoms with Crippen molar-refractivity contribution in [3.8, 4) is 0 Å². The van der Waals surface area contributed by atoms with Crippen LogP contribution in [-0.2, 0) is 4.74 Å². The first-order chi connectivity index (χ1) is 5.54. The Kier molecular flexibility index (Phi) is 6.23. The molecule has 0 amide bonds. The van der Waals surface area contributed by atoms with E-state index < -0.39 is 0 Å². The van der Waals surface area contributed by atoms with E-state index >= 15 is 0 Å². The Morgan fingerprint density at radius 3 is 2.33 bits per heavy atom. The van der Waals surface area contributed by atoms with Gasteiger partial charge in [0.25, 0.3) is 0 Å². The molecule has 0 aliphatic carbocycles. The summed E-state index contributed by atoms with van der Waals surface area (Å²) in [7, 11) is 0.